The van der Waals surface area contributed by atoms with Gasteiger partial charge in [-0.25, -0.2) is 4.68 Å². The zero-order valence-corrected chi connectivity index (χ0v) is 16.4. The highest BCUT2D eigenvalue weighted by Gasteiger charge is 2.16. The molecule has 1 heterocycles. The van der Waals surface area contributed by atoms with Crippen LogP contribution in [0.3, 0.4) is 0 Å². The molecule has 1 aliphatic carbocycles. The number of nitriles is 1. The summed E-state index contributed by atoms with van der Waals surface area (Å²) >= 11 is 0. The number of nitrogen functional groups attached to an aromatic ring is 1. The van der Waals surface area contributed by atoms with Crippen LogP contribution in [0.5, 0.6) is 0 Å². The number of aliphatic imine (C=N–C) groups is 1. The molecule has 0 saturated heterocycles. The van der Waals surface area contributed by atoms with E-state index in [1.807, 2.05) is 31.2 Å². The number of nitrogens with one attached hydrogen (secondary N) is 2. The monoisotopic (exact) mass is 377 g/mol. The number of rotatable bonds is 6. The largest absolute Gasteiger partial charge is 0.382 e. The van der Waals surface area contributed by atoms with Gasteiger partial charge in [-0.05, 0) is 44.7 Å². The lowest BCUT2D eigenvalue weighted by atomic mass is 10.1. The van der Waals surface area contributed by atoms with E-state index >= 15 is 0 Å². The van der Waals surface area contributed by atoms with Crippen molar-refractivity contribution in [3.63, 3.8) is 0 Å². The molecule has 0 spiro atoms. The quantitative estimate of drug-likeness (QED) is 0.310. The molecule has 0 unspecified atom stereocenters. The minimum absolute atomic E-state index is 0.389. The van der Waals surface area contributed by atoms with Crippen LogP contribution in [-0.4, -0.2) is 35.4 Å². The Morgan fingerprint density at radius 3 is 2.68 bits per heavy atom. The first-order valence-corrected chi connectivity index (χ1v) is 9.59. The highest BCUT2D eigenvalue weighted by atomic mass is 15.3. The summed E-state index contributed by atoms with van der Waals surface area (Å²) in [4.78, 5) is 4.27. The third kappa shape index (κ3) is 4.52. The van der Waals surface area contributed by atoms with E-state index in [4.69, 9.17) is 5.73 Å². The first-order chi connectivity index (χ1) is 13.6. The lowest BCUT2D eigenvalue weighted by Crippen LogP contribution is -2.42. The molecule has 0 fully saturated rings. The number of hydrogen-bond donors (Lipinski definition) is 3. The van der Waals surface area contributed by atoms with E-state index in [-0.39, 0.29) is 0 Å². The average molecular weight is 377 g/mol. The summed E-state index contributed by atoms with van der Waals surface area (Å²) in [5.41, 5.74) is 9.39. The molecule has 0 aliphatic heterocycles. The van der Waals surface area contributed by atoms with Crippen molar-refractivity contribution in [1.82, 2.24) is 20.4 Å². The Morgan fingerprint density at radius 1 is 1.32 bits per heavy atom. The van der Waals surface area contributed by atoms with Gasteiger partial charge in [-0.1, -0.05) is 29.8 Å². The van der Waals surface area contributed by atoms with Gasteiger partial charge in [0.15, 0.2) is 5.96 Å². The molecular formula is C21H27N7. The molecular weight excluding hydrogens is 350 g/mol. The van der Waals surface area contributed by atoms with Crippen LogP contribution < -0.4 is 16.4 Å². The predicted octanol–water partition coefficient (Wildman–Crippen LogP) is 2.45. The molecule has 7 heteroatoms. The number of aryl methyl sites for hydroxylation is 2. The maximum Gasteiger partial charge on any atom is 0.191 e. The third-order valence-corrected chi connectivity index (χ3v) is 4.84. The first kappa shape index (κ1) is 19.5. The number of anilines is 1. The molecule has 146 valence electrons. The van der Waals surface area contributed by atoms with Gasteiger partial charge in [0.2, 0.25) is 0 Å². The van der Waals surface area contributed by atoms with E-state index in [1.54, 1.807) is 11.7 Å². The molecule has 2 aromatic rings. The van der Waals surface area contributed by atoms with Crippen LogP contribution in [0.25, 0.3) is 5.69 Å². The summed E-state index contributed by atoms with van der Waals surface area (Å²) < 4.78 is 1.65. The summed E-state index contributed by atoms with van der Waals surface area (Å²) in [5, 5.41) is 20.8. The molecule has 3 rings (SSSR count). The van der Waals surface area contributed by atoms with Crippen LogP contribution in [0.15, 0.2) is 41.4 Å². The van der Waals surface area contributed by atoms with Crippen LogP contribution in [-0.2, 0) is 6.42 Å². The number of nitrogens with two attached hydrogens (primary N) is 1. The van der Waals surface area contributed by atoms with Crippen molar-refractivity contribution < 1.29 is 0 Å². The van der Waals surface area contributed by atoms with E-state index in [0.29, 0.717) is 23.8 Å². The number of guanidine groups is 1. The first-order valence-electron chi connectivity index (χ1n) is 9.59. The standard InChI is InChI=1S/C21H27N7/c1-15-9-11-17(12-10-15)28-20(23)18(14-22)19(27-28)8-5-13-25-21(24-2)26-16-6-3-4-7-16/h3-4,9-12,16H,5-8,13,23H2,1-2H3,(H2,24,25,26). The van der Waals surface area contributed by atoms with E-state index in [0.717, 1.165) is 48.7 Å². The topological polar surface area (TPSA) is 104 Å². The third-order valence-electron chi connectivity index (χ3n) is 4.84. The van der Waals surface area contributed by atoms with Crippen LogP contribution in [0.2, 0.25) is 0 Å². The van der Waals surface area contributed by atoms with Gasteiger partial charge in [0.05, 0.1) is 11.4 Å². The summed E-state index contributed by atoms with van der Waals surface area (Å²) in [6, 6.07) is 10.5. The highest BCUT2D eigenvalue weighted by Crippen LogP contribution is 2.21. The molecule has 1 aliphatic rings. The van der Waals surface area contributed by atoms with Gasteiger partial charge in [-0.15, -0.1) is 0 Å². The van der Waals surface area contributed by atoms with Crippen molar-refractivity contribution >= 4 is 11.8 Å². The maximum absolute atomic E-state index is 9.51. The van der Waals surface area contributed by atoms with E-state index in [1.165, 1.54) is 0 Å². The van der Waals surface area contributed by atoms with Crippen LogP contribution in [0.4, 0.5) is 5.82 Å². The molecule has 7 nitrogen and oxygen atoms in total. The van der Waals surface area contributed by atoms with Gasteiger partial charge in [0.1, 0.15) is 17.5 Å². The number of nitrogens with zero attached hydrogens (tertiary/aromatic N) is 4. The minimum Gasteiger partial charge on any atom is -0.382 e. The lowest BCUT2D eigenvalue weighted by molar-refractivity contribution is 0.627. The lowest BCUT2D eigenvalue weighted by Gasteiger charge is -2.16. The Bertz CT molecular complexity index is 892. The van der Waals surface area contributed by atoms with E-state index in [2.05, 4.69) is 38.9 Å². The predicted molar refractivity (Wildman–Crippen MR) is 112 cm³/mol. The van der Waals surface area contributed by atoms with Crippen molar-refractivity contribution in [2.45, 2.75) is 38.6 Å². The Balaban J connectivity index is 1.59. The van der Waals surface area contributed by atoms with Gasteiger partial charge < -0.3 is 16.4 Å². The van der Waals surface area contributed by atoms with E-state index < -0.39 is 0 Å². The Hall–Kier alpha value is -3.27. The highest BCUT2D eigenvalue weighted by molar-refractivity contribution is 5.80. The number of benzene rings is 1. The SMILES string of the molecule is CN=C(NCCCc1nn(-c2ccc(C)cc2)c(N)c1C#N)NC1CC=CC1. The van der Waals surface area contributed by atoms with E-state index in [9.17, 15) is 5.26 Å². The van der Waals surface area contributed by atoms with Crippen LogP contribution in [0.1, 0.15) is 36.1 Å². The summed E-state index contributed by atoms with van der Waals surface area (Å²) in [7, 11) is 1.77. The molecule has 0 atom stereocenters. The molecule has 0 bridgehead atoms. The van der Waals surface area contributed by atoms with Crippen molar-refractivity contribution in [3.05, 3.63) is 53.2 Å². The smallest absolute Gasteiger partial charge is 0.191 e. The zero-order chi connectivity index (χ0) is 19.9. The second-order valence-electron chi connectivity index (χ2n) is 6.95. The fourth-order valence-electron chi connectivity index (χ4n) is 3.24. The zero-order valence-electron chi connectivity index (χ0n) is 16.4. The van der Waals surface area contributed by atoms with Gasteiger partial charge in [-0.2, -0.15) is 10.4 Å². The molecule has 0 radical (unpaired) electrons. The minimum atomic E-state index is 0.389. The fraction of sp³-hybridized carbons (Fsp3) is 0.381. The van der Waals surface area contributed by atoms with Gasteiger partial charge in [0, 0.05) is 19.6 Å². The maximum atomic E-state index is 9.51. The van der Waals surface area contributed by atoms with Gasteiger partial charge in [0.25, 0.3) is 0 Å². The van der Waals surface area contributed by atoms with Gasteiger partial charge in [-0.3, -0.25) is 4.99 Å². The fourth-order valence-corrected chi connectivity index (χ4v) is 3.24. The number of hydrogen-bond acceptors (Lipinski definition) is 4. The normalized spacial score (nSPS) is 14.2. The Labute approximate surface area is 166 Å². The average Bonchev–Trinajstić information content (AvgIpc) is 3.32. The second-order valence-corrected chi connectivity index (χ2v) is 6.95. The van der Waals surface area contributed by atoms with Crippen molar-refractivity contribution in [2.24, 2.45) is 4.99 Å². The van der Waals surface area contributed by atoms with Crippen molar-refractivity contribution in [3.8, 4) is 11.8 Å². The van der Waals surface area contributed by atoms with Crippen molar-refractivity contribution in [2.75, 3.05) is 19.3 Å². The van der Waals surface area contributed by atoms with Gasteiger partial charge >= 0.3 is 0 Å². The summed E-state index contributed by atoms with van der Waals surface area (Å²) in [6.07, 6.45) is 7.92. The molecule has 1 aromatic carbocycles. The second kappa shape index (κ2) is 9.09. The molecule has 1 aromatic heterocycles. The Morgan fingerprint density at radius 2 is 2.04 bits per heavy atom. The Kier molecular flexibility index (Phi) is 6.33. The molecule has 28 heavy (non-hydrogen) atoms. The van der Waals surface area contributed by atoms with Crippen LogP contribution >= 0.6 is 0 Å². The summed E-state index contributed by atoms with van der Waals surface area (Å²) in [5.74, 6) is 1.19. The molecule has 0 saturated carbocycles. The molecule has 0 amide bonds. The molecule has 4 N–H and O–H groups in total. The van der Waals surface area contributed by atoms with Crippen molar-refractivity contribution in [1.29, 1.82) is 5.26 Å². The summed E-state index contributed by atoms with van der Waals surface area (Å²) in [6.45, 7) is 2.77. The number of aromatic nitrogens is 2. The van der Waals surface area contributed by atoms with Crippen LogP contribution in [0, 0.1) is 18.3 Å².